The third-order valence-corrected chi connectivity index (χ3v) is 5.83. The molecule has 11 heteroatoms. The molecule has 35 heavy (non-hydrogen) atoms. The fourth-order valence-corrected chi connectivity index (χ4v) is 4.14. The number of aromatic hydroxyl groups is 1. The lowest BCUT2D eigenvalue weighted by molar-refractivity contribution is -0.143. The molecule has 0 aliphatic heterocycles. The first kappa shape index (κ1) is 24.1. The topological polar surface area (TPSA) is 126 Å². The third-order valence-electron chi connectivity index (χ3n) is 4.96. The van der Waals surface area contributed by atoms with E-state index in [0.29, 0.717) is 17.1 Å². The van der Waals surface area contributed by atoms with E-state index in [1.807, 2.05) is 38.3 Å². The van der Waals surface area contributed by atoms with Crippen LogP contribution in [0.15, 0.2) is 64.6 Å². The quantitative estimate of drug-likeness (QED) is 0.384. The Kier molecular flexibility index (Phi) is 6.97. The van der Waals surface area contributed by atoms with Crippen molar-refractivity contribution in [3.8, 4) is 16.5 Å². The van der Waals surface area contributed by atoms with Gasteiger partial charge in [0.2, 0.25) is 17.6 Å². The van der Waals surface area contributed by atoms with Gasteiger partial charge in [0.1, 0.15) is 24.1 Å². The van der Waals surface area contributed by atoms with Crippen LogP contribution in [0, 0.1) is 0 Å². The number of phenolic OH excluding ortho intramolecular Hbond substituents is 1. The van der Waals surface area contributed by atoms with Gasteiger partial charge < -0.3 is 19.7 Å². The SMILES string of the molecule is CC(C)(C)NC(=O)[C@H](c1ccc(O)cc1)N(Cc1ccco1)C(=O)Cn1nnc(-c2cccs2)n1. The Hall–Kier alpha value is -3.99. The second-order valence-electron chi connectivity index (χ2n) is 8.96. The molecule has 3 aromatic heterocycles. The number of phenols is 1. The van der Waals surface area contributed by atoms with Crippen molar-refractivity contribution in [2.75, 3.05) is 0 Å². The van der Waals surface area contributed by atoms with Crippen LogP contribution in [0.25, 0.3) is 10.7 Å². The number of carbonyl (C=O) groups is 2. The number of nitrogens with zero attached hydrogens (tertiary/aromatic N) is 5. The number of nitrogens with one attached hydrogen (secondary N) is 1. The van der Waals surface area contributed by atoms with E-state index in [0.717, 1.165) is 4.88 Å². The standard InChI is InChI=1S/C24H26N6O4S/c1-24(2,3)25-23(33)21(16-8-10-17(31)11-9-16)29(14-18-6-4-12-34-18)20(32)15-30-27-22(26-28-30)19-7-5-13-35-19/h4-13,21,31H,14-15H2,1-3H3,(H,25,33)/t21-/m0/s1. The molecule has 0 bridgehead atoms. The molecule has 2 amide bonds. The van der Waals surface area contributed by atoms with Gasteiger partial charge in [0, 0.05) is 5.54 Å². The van der Waals surface area contributed by atoms with E-state index < -0.39 is 17.5 Å². The second kappa shape index (κ2) is 10.1. The number of furan rings is 1. The summed E-state index contributed by atoms with van der Waals surface area (Å²) in [6, 6.07) is 12.4. The van der Waals surface area contributed by atoms with Crippen molar-refractivity contribution < 1.29 is 19.1 Å². The molecule has 0 unspecified atom stereocenters. The van der Waals surface area contributed by atoms with Crippen LogP contribution in [-0.2, 0) is 22.7 Å². The van der Waals surface area contributed by atoms with E-state index >= 15 is 0 Å². The summed E-state index contributed by atoms with van der Waals surface area (Å²) in [7, 11) is 0. The predicted molar refractivity (Wildman–Crippen MR) is 129 cm³/mol. The lowest BCUT2D eigenvalue weighted by Gasteiger charge is -2.33. The first-order valence-electron chi connectivity index (χ1n) is 10.9. The zero-order chi connectivity index (χ0) is 25.0. The van der Waals surface area contributed by atoms with Crippen LogP contribution >= 0.6 is 11.3 Å². The fraction of sp³-hybridized carbons (Fsp3) is 0.292. The molecule has 0 fully saturated rings. The summed E-state index contributed by atoms with van der Waals surface area (Å²) in [6.07, 6.45) is 1.51. The summed E-state index contributed by atoms with van der Waals surface area (Å²) >= 11 is 1.47. The molecule has 0 radical (unpaired) electrons. The van der Waals surface area contributed by atoms with E-state index in [1.54, 1.807) is 24.3 Å². The zero-order valence-electron chi connectivity index (χ0n) is 19.6. The number of hydrogen-bond donors (Lipinski definition) is 2. The normalized spacial score (nSPS) is 12.3. The zero-order valence-corrected chi connectivity index (χ0v) is 20.4. The van der Waals surface area contributed by atoms with Gasteiger partial charge in [0.15, 0.2) is 0 Å². The van der Waals surface area contributed by atoms with Crippen LogP contribution in [-0.4, -0.2) is 47.6 Å². The molecule has 3 heterocycles. The molecule has 182 valence electrons. The number of aromatic nitrogens is 4. The van der Waals surface area contributed by atoms with Crippen molar-refractivity contribution in [1.29, 1.82) is 0 Å². The van der Waals surface area contributed by atoms with Gasteiger partial charge in [-0.25, -0.2) is 0 Å². The van der Waals surface area contributed by atoms with E-state index in [-0.39, 0.29) is 24.7 Å². The molecule has 2 N–H and O–H groups in total. The Morgan fingerprint density at radius 2 is 1.94 bits per heavy atom. The fourth-order valence-electron chi connectivity index (χ4n) is 3.49. The monoisotopic (exact) mass is 494 g/mol. The highest BCUT2D eigenvalue weighted by Gasteiger charge is 2.34. The van der Waals surface area contributed by atoms with E-state index in [2.05, 4.69) is 20.7 Å². The first-order chi connectivity index (χ1) is 16.7. The Bertz CT molecular complexity index is 1260. The minimum Gasteiger partial charge on any atom is -0.508 e. The number of carbonyl (C=O) groups excluding carboxylic acids is 2. The van der Waals surface area contributed by atoms with Gasteiger partial charge in [-0.05, 0) is 67.3 Å². The van der Waals surface area contributed by atoms with Crippen LogP contribution in [0.5, 0.6) is 5.75 Å². The van der Waals surface area contributed by atoms with Gasteiger partial charge in [-0.2, -0.15) is 4.80 Å². The molecular weight excluding hydrogens is 468 g/mol. The van der Waals surface area contributed by atoms with Crippen LogP contribution in [0.4, 0.5) is 0 Å². The number of hydrogen-bond acceptors (Lipinski definition) is 8. The average Bonchev–Trinajstić information content (AvgIpc) is 3.56. The summed E-state index contributed by atoms with van der Waals surface area (Å²) in [5.41, 5.74) is 0.00428. The molecule has 10 nitrogen and oxygen atoms in total. The van der Waals surface area contributed by atoms with Gasteiger partial charge in [-0.1, -0.05) is 18.2 Å². The van der Waals surface area contributed by atoms with Gasteiger partial charge in [-0.3, -0.25) is 9.59 Å². The first-order valence-corrected chi connectivity index (χ1v) is 11.8. The van der Waals surface area contributed by atoms with Crippen LogP contribution in [0.2, 0.25) is 0 Å². The Balaban J connectivity index is 1.68. The van der Waals surface area contributed by atoms with Gasteiger partial charge in [-0.15, -0.1) is 21.5 Å². The highest BCUT2D eigenvalue weighted by atomic mass is 32.1. The summed E-state index contributed by atoms with van der Waals surface area (Å²) in [5.74, 6) is 0.218. The summed E-state index contributed by atoms with van der Waals surface area (Å²) < 4.78 is 5.49. The summed E-state index contributed by atoms with van der Waals surface area (Å²) in [4.78, 5) is 30.6. The minimum atomic E-state index is -0.993. The maximum absolute atomic E-state index is 13.6. The lowest BCUT2D eigenvalue weighted by Crippen LogP contribution is -2.49. The minimum absolute atomic E-state index is 0.0431. The molecule has 0 saturated heterocycles. The molecule has 0 saturated carbocycles. The highest BCUT2D eigenvalue weighted by molar-refractivity contribution is 7.13. The number of tetrazole rings is 1. The predicted octanol–water partition coefficient (Wildman–Crippen LogP) is 3.39. The summed E-state index contributed by atoms with van der Waals surface area (Å²) in [6.45, 7) is 5.41. The molecule has 0 aliphatic rings. The van der Waals surface area contributed by atoms with Crippen molar-refractivity contribution in [3.05, 3.63) is 71.5 Å². The Morgan fingerprint density at radius 1 is 1.17 bits per heavy atom. The van der Waals surface area contributed by atoms with Crippen LogP contribution in [0.1, 0.15) is 38.1 Å². The Labute approximate surface area is 206 Å². The van der Waals surface area contributed by atoms with Crippen LogP contribution in [0.3, 0.4) is 0 Å². The number of amides is 2. The van der Waals surface area contributed by atoms with Crippen molar-refractivity contribution in [2.24, 2.45) is 0 Å². The van der Waals surface area contributed by atoms with E-state index in [1.165, 1.54) is 39.4 Å². The summed E-state index contributed by atoms with van der Waals surface area (Å²) in [5, 5.41) is 27.0. The largest absolute Gasteiger partial charge is 0.508 e. The maximum atomic E-state index is 13.6. The second-order valence-corrected chi connectivity index (χ2v) is 9.90. The maximum Gasteiger partial charge on any atom is 0.247 e. The highest BCUT2D eigenvalue weighted by Crippen LogP contribution is 2.27. The van der Waals surface area contributed by atoms with E-state index in [9.17, 15) is 14.7 Å². The van der Waals surface area contributed by atoms with E-state index in [4.69, 9.17) is 4.42 Å². The molecule has 0 spiro atoms. The average molecular weight is 495 g/mol. The molecular formula is C24H26N6O4S. The number of benzene rings is 1. The van der Waals surface area contributed by atoms with Gasteiger partial charge >= 0.3 is 0 Å². The lowest BCUT2D eigenvalue weighted by atomic mass is 10.0. The molecule has 4 rings (SSSR count). The van der Waals surface area contributed by atoms with Gasteiger partial charge in [0.05, 0.1) is 17.7 Å². The van der Waals surface area contributed by atoms with Crippen LogP contribution < -0.4 is 5.32 Å². The van der Waals surface area contributed by atoms with Crippen molar-refractivity contribution >= 4 is 23.2 Å². The van der Waals surface area contributed by atoms with Crippen molar-refractivity contribution in [1.82, 2.24) is 30.4 Å². The van der Waals surface area contributed by atoms with Gasteiger partial charge in [0.25, 0.3) is 0 Å². The van der Waals surface area contributed by atoms with Crippen molar-refractivity contribution in [2.45, 2.75) is 45.4 Å². The number of thiophene rings is 1. The molecule has 4 aromatic rings. The van der Waals surface area contributed by atoms with Crippen molar-refractivity contribution in [3.63, 3.8) is 0 Å². The molecule has 1 aromatic carbocycles. The third kappa shape index (κ3) is 6.12. The number of rotatable bonds is 8. The smallest absolute Gasteiger partial charge is 0.247 e. The molecule has 1 atom stereocenters. The Morgan fingerprint density at radius 3 is 2.57 bits per heavy atom. The molecule has 0 aliphatic carbocycles.